The summed E-state index contributed by atoms with van der Waals surface area (Å²) >= 11 is 0. The zero-order chi connectivity index (χ0) is 15.8. The summed E-state index contributed by atoms with van der Waals surface area (Å²) in [6.07, 6.45) is 1.81. The predicted octanol–water partition coefficient (Wildman–Crippen LogP) is 2.02. The Morgan fingerprint density at radius 3 is 2.57 bits per heavy atom. The molecule has 1 aromatic rings. The van der Waals surface area contributed by atoms with Gasteiger partial charge in [-0.2, -0.15) is 4.98 Å². The molecule has 0 aliphatic carbocycles. The average molecular weight is 295 g/mol. The van der Waals surface area contributed by atoms with Crippen LogP contribution in [0.25, 0.3) is 0 Å². The lowest BCUT2D eigenvalue weighted by molar-refractivity contribution is 0.262. The topological polar surface area (TPSA) is 76.3 Å². The molecular formula is C15H29N5O. The number of aryl methyl sites for hydroxylation is 1. The molecular weight excluding hydrogens is 266 g/mol. The molecule has 1 aromatic heterocycles. The maximum atomic E-state index is 6.13. The lowest BCUT2D eigenvalue weighted by Gasteiger charge is -2.16. The van der Waals surface area contributed by atoms with Crippen molar-refractivity contribution >= 4 is 11.5 Å². The van der Waals surface area contributed by atoms with Crippen molar-refractivity contribution in [1.82, 2.24) is 14.9 Å². The Hall–Kier alpha value is -1.56. The molecule has 0 amide bonds. The van der Waals surface area contributed by atoms with Crippen molar-refractivity contribution < 1.29 is 4.74 Å². The molecule has 0 fully saturated rings. The van der Waals surface area contributed by atoms with E-state index in [-0.39, 0.29) is 0 Å². The number of hydrogen-bond donors (Lipinski definition) is 2. The van der Waals surface area contributed by atoms with Crippen molar-refractivity contribution in [3.8, 4) is 5.88 Å². The fourth-order valence-electron chi connectivity index (χ4n) is 1.72. The van der Waals surface area contributed by atoms with Crippen molar-refractivity contribution in [2.75, 3.05) is 44.8 Å². The maximum Gasteiger partial charge on any atom is 0.242 e. The Morgan fingerprint density at radius 2 is 2.00 bits per heavy atom. The van der Waals surface area contributed by atoms with E-state index in [0.717, 1.165) is 31.8 Å². The van der Waals surface area contributed by atoms with Gasteiger partial charge >= 0.3 is 0 Å². The van der Waals surface area contributed by atoms with Gasteiger partial charge in [0.15, 0.2) is 5.82 Å². The molecule has 21 heavy (non-hydrogen) atoms. The Kier molecular flexibility index (Phi) is 7.22. The van der Waals surface area contributed by atoms with Gasteiger partial charge in [0.2, 0.25) is 5.88 Å². The third-order valence-electron chi connectivity index (χ3n) is 2.84. The Labute approximate surface area is 128 Å². The van der Waals surface area contributed by atoms with Crippen LogP contribution in [0.15, 0.2) is 0 Å². The number of nitrogens with two attached hydrogens (primary N) is 1. The monoisotopic (exact) mass is 295 g/mol. The standard InChI is InChI=1S/C15H29N5O/c1-6-7-12-18-14(17-8-9-20(4)5)13(16)15(19-12)21-10-11(2)3/h11H,6-10,16H2,1-5H3,(H,17,18,19). The van der Waals surface area contributed by atoms with Crippen LogP contribution in [0.4, 0.5) is 11.5 Å². The molecule has 0 spiro atoms. The van der Waals surface area contributed by atoms with Gasteiger partial charge in [0, 0.05) is 19.5 Å². The predicted molar refractivity (Wildman–Crippen MR) is 87.8 cm³/mol. The first-order chi connectivity index (χ1) is 9.93. The third-order valence-corrected chi connectivity index (χ3v) is 2.84. The second kappa shape index (κ2) is 8.67. The van der Waals surface area contributed by atoms with E-state index in [1.807, 2.05) is 14.1 Å². The van der Waals surface area contributed by atoms with E-state index >= 15 is 0 Å². The fourth-order valence-corrected chi connectivity index (χ4v) is 1.72. The molecule has 1 heterocycles. The Balaban J connectivity index is 2.87. The van der Waals surface area contributed by atoms with Crippen molar-refractivity contribution in [3.63, 3.8) is 0 Å². The molecule has 0 aliphatic heterocycles. The highest BCUT2D eigenvalue weighted by Crippen LogP contribution is 2.26. The number of hydrogen-bond acceptors (Lipinski definition) is 6. The van der Waals surface area contributed by atoms with Gasteiger partial charge in [-0.05, 0) is 26.4 Å². The summed E-state index contributed by atoms with van der Waals surface area (Å²) in [7, 11) is 4.06. The van der Waals surface area contributed by atoms with Gasteiger partial charge in [-0.25, -0.2) is 4.98 Å². The minimum absolute atomic E-state index is 0.430. The van der Waals surface area contributed by atoms with E-state index in [9.17, 15) is 0 Å². The van der Waals surface area contributed by atoms with E-state index in [1.54, 1.807) is 0 Å². The smallest absolute Gasteiger partial charge is 0.242 e. The molecule has 3 N–H and O–H groups in total. The number of rotatable bonds is 9. The number of nitrogen functional groups attached to an aromatic ring is 1. The van der Waals surface area contributed by atoms with Crippen LogP contribution in [0, 0.1) is 5.92 Å². The molecule has 0 saturated heterocycles. The van der Waals surface area contributed by atoms with Gasteiger partial charge < -0.3 is 20.7 Å². The average Bonchev–Trinajstić information content (AvgIpc) is 2.40. The molecule has 0 saturated carbocycles. The van der Waals surface area contributed by atoms with E-state index in [2.05, 4.69) is 41.0 Å². The van der Waals surface area contributed by atoms with Crippen LogP contribution in [0.2, 0.25) is 0 Å². The highest BCUT2D eigenvalue weighted by molar-refractivity contribution is 5.66. The maximum absolute atomic E-state index is 6.13. The third kappa shape index (κ3) is 6.16. The van der Waals surface area contributed by atoms with Crippen LogP contribution >= 0.6 is 0 Å². The van der Waals surface area contributed by atoms with Crippen LogP contribution in [0.3, 0.4) is 0 Å². The van der Waals surface area contributed by atoms with Crippen LogP contribution in [-0.4, -0.2) is 48.7 Å². The number of aromatic nitrogens is 2. The summed E-state index contributed by atoms with van der Waals surface area (Å²) in [6.45, 7) is 8.59. The molecule has 0 aliphatic rings. The normalized spacial score (nSPS) is 11.2. The first-order valence-electron chi connectivity index (χ1n) is 7.61. The fraction of sp³-hybridized carbons (Fsp3) is 0.733. The van der Waals surface area contributed by atoms with E-state index in [0.29, 0.717) is 29.9 Å². The number of anilines is 2. The first kappa shape index (κ1) is 17.5. The molecule has 120 valence electrons. The molecule has 0 unspecified atom stereocenters. The number of nitrogens with one attached hydrogen (secondary N) is 1. The summed E-state index contributed by atoms with van der Waals surface area (Å²) in [4.78, 5) is 11.0. The molecule has 0 bridgehead atoms. The molecule has 0 atom stereocenters. The van der Waals surface area contributed by atoms with Gasteiger partial charge in [0.05, 0.1) is 6.61 Å². The van der Waals surface area contributed by atoms with Gasteiger partial charge in [-0.1, -0.05) is 20.8 Å². The van der Waals surface area contributed by atoms with E-state index in [1.165, 1.54) is 0 Å². The van der Waals surface area contributed by atoms with Gasteiger partial charge in [-0.3, -0.25) is 0 Å². The van der Waals surface area contributed by atoms with Crippen LogP contribution < -0.4 is 15.8 Å². The minimum atomic E-state index is 0.430. The Morgan fingerprint density at radius 1 is 1.29 bits per heavy atom. The van der Waals surface area contributed by atoms with Gasteiger partial charge in [0.1, 0.15) is 11.5 Å². The van der Waals surface area contributed by atoms with Crippen molar-refractivity contribution in [2.24, 2.45) is 5.92 Å². The first-order valence-corrected chi connectivity index (χ1v) is 7.61. The lowest BCUT2D eigenvalue weighted by Crippen LogP contribution is -2.22. The van der Waals surface area contributed by atoms with Crippen LogP contribution in [-0.2, 0) is 6.42 Å². The summed E-state index contributed by atoms with van der Waals surface area (Å²) in [6, 6.07) is 0. The van der Waals surface area contributed by atoms with Gasteiger partial charge in [-0.15, -0.1) is 0 Å². The van der Waals surface area contributed by atoms with Crippen molar-refractivity contribution in [3.05, 3.63) is 5.82 Å². The highest BCUT2D eigenvalue weighted by atomic mass is 16.5. The number of nitrogens with zero attached hydrogens (tertiary/aromatic N) is 3. The Bertz CT molecular complexity index is 434. The second-order valence-corrected chi connectivity index (χ2v) is 5.89. The highest BCUT2D eigenvalue weighted by Gasteiger charge is 2.13. The largest absolute Gasteiger partial charge is 0.476 e. The van der Waals surface area contributed by atoms with Gasteiger partial charge in [0.25, 0.3) is 0 Å². The zero-order valence-corrected chi connectivity index (χ0v) is 13.9. The minimum Gasteiger partial charge on any atom is -0.476 e. The number of ether oxygens (including phenoxy) is 1. The van der Waals surface area contributed by atoms with Crippen LogP contribution in [0.5, 0.6) is 5.88 Å². The molecule has 6 nitrogen and oxygen atoms in total. The van der Waals surface area contributed by atoms with E-state index < -0.39 is 0 Å². The molecule has 0 radical (unpaired) electrons. The van der Waals surface area contributed by atoms with Crippen LogP contribution in [0.1, 0.15) is 33.0 Å². The SMILES string of the molecule is CCCc1nc(NCCN(C)C)c(N)c(OCC(C)C)n1. The summed E-state index contributed by atoms with van der Waals surface area (Å²) < 4.78 is 5.73. The zero-order valence-electron chi connectivity index (χ0n) is 13.9. The van der Waals surface area contributed by atoms with E-state index in [4.69, 9.17) is 10.5 Å². The molecule has 1 rings (SSSR count). The summed E-state index contributed by atoms with van der Waals surface area (Å²) in [5.74, 6) is 2.38. The second-order valence-electron chi connectivity index (χ2n) is 5.89. The quantitative estimate of drug-likeness (QED) is 0.726. The summed E-state index contributed by atoms with van der Waals surface area (Å²) in [5, 5.41) is 3.27. The van der Waals surface area contributed by atoms with Crippen molar-refractivity contribution in [1.29, 1.82) is 0 Å². The summed E-state index contributed by atoms with van der Waals surface area (Å²) in [5.41, 5.74) is 6.62. The van der Waals surface area contributed by atoms with Crippen molar-refractivity contribution in [2.45, 2.75) is 33.6 Å². The molecule has 6 heteroatoms. The number of likely N-dealkylation sites (N-methyl/N-ethyl adjacent to an activating group) is 1. The molecule has 0 aromatic carbocycles. The lowest BCUT2D eigenvalue weighted by atomic mass is 10.2.